The van der Waals surface area contributed by atoms with Gasteiger partial charge in [0.25, 0.3) is 0 Å². The fourth-order valence-electron chi connectivity index (χ4n) is 1.88. The van der Waals surface area contributed by atoms with Crippen LogP contribution in [-0.4, -0.2) is 6.54 Å². The smallest absolute Gasteiger partial charge is 0.0314 e. The Morgan fingerprint density at radius 2 is 2.00 bits per heavy atom. The van der Waals surface area contributed by atoms with Crippen molar-refractivity contribution < 1.29 is 0 Å². The molecule has 0 saturated heterocycles. The first kappa shape index (κ1) is 13.8. The van der Waals surface area contributed by atoms with Crippen molar-refractivity contribution in [3.05, 3.63) is 56.2 Å². The van der Waals surface area contributed by atoms with E-state index in [9.17, 15) is 0 Å². The van der Waals surface area contributed by atoms with Crippen LogP contribution in [0.3, 0.4) is 0 Å². The summed E-state index contributed by atoms with van der Waals surface area (Å²) in [5.74, 6) is 0. The minimum Gasteiger partial charge on any atom is -0.312 e. The van der Waals surface area contributed by atoms with E-state index in [2.05, 4.69) is 64.6 Å². The van der Waals surface area contributed by atoms with Crippen LogP contribution in [0.2, 0.25) is 0 Å². The number of nitrogens with one attached hydrogen (secondary N) is 1. The van der Waals surface area contributed by atoms with Gasteiger partial charge in [-0.1, -0.05) is 30.3 Å². The van der Waals surface area contributed by atoms with E-state index in [1.54, 1.807) is 0 Å². The van der Waals surface area contributed by atoms with Gasteiger partial charge in [0.15, 0.2) is 0 Å². The molecule has 18 heavy (non-hydrogen) atoms. The third-order valence-electron chi connectivity index (χ3n) is 2.87. The maximum absolute atomic E-state index is 3.55. The maximum Gasteiger partial charge on any atom is 0.0314 e. The Balaban J connectivity index is 1.64. The summed E-state index contributed by atoms with van der Waals surface area (Å²) < 4.78 is 1.23. The molecule has 0 atom stereocenters. The molecule has 0 unspecified atom stereocenters. The monoisotopic (exact) mass is 323 g/mol. The third kappa shape index (κ3) is 4.23. The summed E-state index contributed by atoms with van der Waals surface area (Å²) in [6, 6.07) is 12.9. The molecule has 0 radical (unpaired) electrons. The van der Waals surface area contributed by atoms with Crippen molar-refractivity contribution in [1.82, 2.24) is 5.32 Å². The molecule has 1 aromatic heterocycles. The van der Waals surface area contributed by atoms with Crippen LogP contribution in [0.15, 0.2) is 40.9 Å². The lowest BCUT2D eigenvalue weighted by molar-refractivity contribution is 0.654. The van der Waals surface area contributed by atoms with Crippen LogP contribution in [0.4, 0.5) is 0 Å². The van der Waals surface area contributed by atoms with Gasteiger partial charge >= 0.3 is 0 Å². The Bertz CT molecular complexity index is 459. The van der Waals surface area contributed by atoms with Gasteiger partial charge in [0, 0.05) is 20.8 Å². The van der Waals surface area contributed by atoms with Crippen molar-refractivity contribution in [3.63, 3.8) is 0 Å². The SMILES string of the molecule is Cc1sc(CNCCCc2ccccc2)cc1Br. The molecule has 0 bridgehead atoms. The molecule has 0 spiro atoms. The zero-order valence-corrected chi connectivity index (χ0v) is 13.0. The summed E-state index contributed by atoms with van der Waals surface area (Å²) in [6.07, 6.45) is 2.34. The first-order valence-electron chi connectivity index (χ1n) is 6.25. The highest BCUT2D eigenvalue weighted by Crippen LogP contribution is 2.25. The molecule has 0 aliphatic rings. The lowest BCUT2D eigenvalue weighted by Crippen LogP contribution is -2.14. The van der Waals surface area contributed by atoms with Crippen molar-refractivity contribution in [2.75, 3.05) is 6.54 Å². The van der Waals surface area contributed by atoms with Crippen LogP contribution in [-0.2, 0) is 13.0 Å². The first-order chi connectivity index (χ1) is 8.75. The summed E-state index contributed by atoms with van der Waals surface area (Å²) >= 11 is 5.41. The number of benzene rings is 1. The van der Waals surface area contributed by atoms with Crippen molar-refractivity contribution in [3.8, 4) is 0 Å². The van der Waals surface area contributed by atoms with Crippen LogP contribution in [0.1, 0.15) is 21.7 Å². The average Bonchev–Trinajstić information content (AvgIpc) is 2.70. The Kier molecular flexibility index (Phi) is 5.42. The summed E-state index contributed by atoms with van der Waals surface area (Å²) in [4.78, 5) is 2.76. The van der Waals surface area contributed by atoms with E-state index < -0.39 is 0 Å². The number of rotatable bonds is 6. The van der Waals surface area contributed by atoms with Gasteiger partial charge in [0.05, 0.1) is 0 Å². The number of thiophene rings is 1. The highest BCUT2D eigenvalue weighted by atomic mass is 79.9. The summed E-state index contributed by atoms with van der Waals surface area (Å²) in [6.45, 7) is 4.20. The number of hydrogen-bond donors (Lipinski definition) is 1. The zero-order valence-electron chi connectivity index (χ0n) is 10.6. The van der Waals surface area contributed by atoms with E-state index >= 15 is 0 Å². The van der Waals surface area contributed by atoms with Gasteiger partial charge < -0.3 is 5.32 Å². The summed E-state index contributed by atoms with van der Waals surface area (Å²) in [5.41, 5.74) is 1.43. The van der Waals surface area contributed by atoms with Crippen LogP contribution in [0, 0.1) is 6.92 Å². The Morgan fingerprint density at radius 3 is 2.67 bits per heavy atom. The molecule has 1 N–H and O–H groups in total. The van der Waals surface area contributed by atoms with Crippen LogP contribution >= 0.6 is 27.3 Å². The van der Waals surface area contributed by atoms with Crippen molar-refractivity contribution >= 4 is 27.3 Å². The Hall–Kier alpha value is -0.640. The minimum absolute atomic E-state index is 0.978. The standard InChI is InChI=1S/C15H18BrNS/c1-12-15(16)10-14(18-12)11-17-9-5-8-13-6-3-2-4-7-13/h2-4,6-7,10,17H,5,8-9,11H2,1H3. The predicted molar refractivity (Wildman–Crippen MR) is 83.2 cm³/mol. The molecule has 0 saturated carbocycles. The van der Waals surface area contributed by atoms with Crippen LogP contribution < -0.4 is 5.32 Å². The van der Waals surface area contributed by atoms with Gasteiger partial charge in [-0.3, -0.25) is 0 Å². The molecular formula is C15H18BrNS. The van der Waals surface area contributed by atoms with Gasteiger partial charge in [-0.15, -0.1) is 11.3 Å². The van der Waals surface area contributed by atoms with E-state index in [1.165, 1.54) is 26.2 Å². The number of halogens is 1. The van der Waals surface area contributed by atoms with E-state index in [0.29, 0.717) is 0 Å². The summed E-state index contributed by atoms with van der Waals surface area (Å²) in [5, 5.41) is 3.50. The average molecular weight is 324 g/mol. The van der Waals surface area contributed by atoms with Crippen LogP contribution in [0.25, 0.3) is 0 Å². The second-order valence-corrected chi connectivity index (χ2v) is 6.58. The molecule has 1 nitrogen and oxygen atoms in total. The molecule has 0 fully saturated rings. The predicted octanol–water partition coefficient (Wildman–Crippen LogP) is 4.54. The quantitative estimate of drug-likeness (QED) is 0.769. The molecule has 2 rings (SSSR count). The molecule has 0 aliphatic heterocycles. The van der Waals surface area contributed by atoms with Gasteiger partial charge in [0.1, 0.15) is 0 Å². The van der Waals surface area contributed by atoms with E-state index in [1.807, 2.05) is 11.3 Å². The molecular weight excluding hydrogens is 306 g/mol. The molecule has 1 aromatic carbocycles. The number of hydrogen-bond acceptors (Lipinski definition) is 2. The molecule has 0 amide bonds. The summed E-state index contributed by atoms with van der Waals surface area (Å²) in [7, 11) is 0. The van der Waals surface area contributed by atoms with Gasteiger partial charge in [-0.2, -0.15) is 0 Å². The normalized spacial score (nSPS) is 10.8. The van der Waals surface area contributed by atoms with Crippen molar-refractivity contribution in [2.24, 2.45) is 0 Å². The Labute approximate surface area is 121 Å². The number of aryl methyl sites for hydroxylation is 2. The van der Waals surface area contributed by atoms with E-state index in [4.69, 9.17) is 0 Å². The molecule has 96 valence electrons. The molecule has 3 heteroatoms. The van der Waals surface area contributed by atoms with Crippen molar-refractivity contribution in [2.45, 2.75) is 26.3 Å². The molecule has 1 heterocycles. The maximum atomic E-state index is 3.55. The van der Waals surface area contributed by atoms with E-state index in [0.717, 1.165) is 19.5 Å². The van der Waals surface area contributed by atoms with Gasteiger partial charge in [-0.05, 0) is 53.9 Å². The second-order valence-electron chi connectivity index (χ2n) is 4.38. The Morgan fingerprint density at radius 1 is 1.22 bits per heavy atom. The third-order valence-corrected chi connectivity index (χ3v) is 5.01. The lowest BCUT2D eigenvalue weighted by atomic mass is 10.1. The minimum atomic E-state index is 0.978. The second kappa shape index (κ2) is 7.07. The highest BCUT2D eigenvalue weighted by Gasteiger charge is 2.01. The van der Waals surface area contributed by atoms with Gasteiger partial charge in [-0.25, -0.2) is 0 Å². The molecule has 2 aromatic rings. The zero-order chi connectivity index (χ0) is 12.8. The van der Waals surface area contributed by atoms with Crippen LogP contribution in [0.5, 0.6) is 0 Å². The van der Waals surface area contributed by atoms with Crippen molar-refractivity contribution in [1.29, 1.82) is 0 Å². The fraction of sp³-hybridized carbons (Fsp3) is 0.333. The first-order valence-corrected chi connectivity index (χ1v) is 7.86. The fourth-order valence-corrected chi connectivity index (χ4v) is 3.45. The highest BCUT2D eigenvalue weighted by molar-refractivity contribution is 9.10. The van der Waals surface area contributed by atoms with Gasteiger partial charge in [0.2, 0.25) is 0 Å². The topological polar surface area (TPSA) is 12.0 Å². The largest absolute Gasteiger partial charge is 0.312 e. The lowest BCUT2D eigenvalue weighted by Gasteiger charge is -2.03. The van der Waals surface area contributed by atoms with E-state index in [-0.39, 0.29) is 0 Å². The molecule has 0 aliphatic carbocycles.